The molecule has 1 aromatic rings. The Morgan fingerprint density at radius 2 is 2.33 bits per heavy atom. The molecular formula is C9H11N3O3. The van der Waals surface area contributed by atoms with E-state index in [1.165, 1.54) is 32.6 Å². The van der Waals surface area contributed by atoms with Crippen LogP contribution in [0.25, 0.3) is 6.08 Å². The summed E-state index contributed by atoms with van der Waals surface area (Å²) in [6.07, 6.45) is 4.43. The predicted molar refractivity (Wildman–Crippen MR) is 52.4 cm³/mol. The van der Waals surface area contributed by atoms with Gasteiger partial charge in [0.25, 0.3) is 0 Å². The first-order valence-electron chi connectivity index (χ1n) is 4.19. The highest BCUT2D eigenvalue weighted by Gasteiger charge is 2.11. The van der Waals surface area contributed by atoms with Crippen LogP contribution in [0.15, 0.2) is 18.2 Å². The monoisotopic (exact) mass is 210 g/mol. The van der Waals surface area contributed by atoms with Crippen molar-refractivity contribution in [2.75, 3.05) is 7.11 Å². The molecule has 15 heavy (non-hydrogen) atoms. The molecular weight excluding hydrogens is 199 g/mol. The molecule has 0 aromatic carbocycles. The van der Waals surface area contributed by atoms with Gasteiger partial charge in [-0.3, -0.25) is 4.79 Å². The second-order valence-corrected chi connectivity index (χ2v) is 2.74. The van der Waals surface area contributed by atoms with Crippen molar-refractivity contribution < 1.29 is 14.3 Å². The first-order valence-corrected chi connectivity index (χ1v) is 4.19. The molecule has 0 aliphatic rings. The highest BCUT2D eigenvalue weighted by molar-refractivity contribution is 5.97. The van der Waals surface area contributed by atoms with Crippen molar-refractivity contribution in [3.63, 3.8) is 0 Å². The number of rotatable bonds is 3. The van der Waals surface area contributed by atoms with Crippen molar-refractivity contribution in [1.82, 2.24) is 15.3 Å². The van der Waals surface area contributed by atoms with Crippen LogP contribution in [0, 0.1) is 0 Å². The Hall–Kier alpha value is -2.11. The smallest absolute Gasteiger partial charge is 0.354 e. The van der Waals surface area contributed by atoms with Crippen molar-refractivity contribution in [1.29, 1.82) is 0 Å². The zero-order valence-electron chi connectivity index (χ0n) is 8.40. The summed E-state index contributed by atoms with van der Waals surface area (Å²) in [5.41, 5.74) is 0.665. The van der Waals surface area contributed by atoms with E-state index in [4.69, 9.17) is 0 Å². The maximum Gasteiger partial charge on any atom is 0.354 e. The highest BCUT2D eigenvalue weighted by Crippen LogP contribution is 2.01. The van der Waals surface area contributed by atoms with E-state index < -0.39 is 5.97 Å². The molecule has 0 saturated carbocycles. The number of methoxy groups -OCH3 is 1. The third kappa shape index (κ3) is 3.26. The average Bonchev–Trinajstić information content (AvgIpc) is 2.67. The van der Waals surface area contributed by atoms with Gasteiger partial charge in [0.05, 0.1) is 25.3 Å². The van der Waals surface area contributed by atoms with Crippen LogP contribution < -0.4 is 5.32 Å². The Morgan fingerprint density at radius 1 is 1.60 bits per heavy atom. The van der Waals surface area contributed by atoms with Crippen LogP contribution >= 0.6 is 0 Å². The van der Waals surface area contributed by atoms with Gasteiger partial charge in [-0.2, -0.15) is 0 Å². The molecule has 0 bridgehead atoms. The van der Waals surface area contributed by atoms with Gasteiger partial charge < -0.3 is 15.0 Å². The number of aromatic amines is 1. The topological polar surface area (TPSA) is 84.1 Å². The van der Waals surface area contributed by atoms with Crippen molar-refractivity contribution in [2.24, 2.45) is 0 Å². The number of hydrogen-bond donors (Lipinski definition) is 2. The van der Waals surface area contributed by atoms with Gasteiger partial charge in [-0.05, 0) is 6.08 Å². The molecule has 1 rings (SSSR count). The molecule has 0 fully saturated rings. The van der Waals surface area contributed by atoms with Crippen LogP contribution in [0.5, 0.6) is 0 Å². The van der Waals surface area contributed by atoms with Gasteiger partial charge in [0.2, 0.25) is 5.91 Å². The lowest BCUT2D eigenvalue weighted by molar-refractivity contribution is -0.137. The Balaban J connectivity index is 2.90. The summed E-state index contributed by atoms with van der Waals surface area (Å²) in [6, 6.07) is 0. The van der Waals surface area contributed by atoms with Crippen LogP contribution in [0.4, 0.5) is 0 Å². The fraction of sp³-hybridized carbons (Fsp3) is 0.222. The molecule has 80 valence electrons. The molecule has 0 aliphatic carbocycles. The fourth-order valence-electron chi connectivity index (χ4n) is 0.947. The average molecular weight is 210 g/mol. The Morgan fingerprint density at radius 3 is 2.80 bits per heavy atom. The lowest BCUT2D eigenvalue weighted by atomic mass is 10.4. The van der Waals surface area contributed by atoms with E-state index in [2.05, 4.69) is 20.0 Å². The van der Waals surface area contributed by atoms with Gasteiger partial charge in [-0.15, -0.1) is 0 Å². The minimum atomic E-state index is -0.611. The first-order chi connectivity index (χ1) is 7.13. The molecule has 0 aliphatic heterocycles. The van der Waals surface area contributed by atoms with Gasteiger partial charge in [0.15, 0.2) is 0 Å². The lowest BCUT2D eigenvalue weighted by Crippen LogP contribution is -2.25. The largest absolute Gasteiger partial charge is 0.464 e. The zero-order valence-corrected chi connectivity index (χ0v) is 8.40. The van der Waals surface area contributed by atoms with Gasteiger partial charge in [0, 0.05) is 6.92 Å². The summed E-state index contributed by atoms with van der Waals surface area (Å²) in [5, 5.41) is 2.37. The van der Waals surface area contributed by atoms with E-state index in [-0.39, 0.29) is 11.6 Å². The summed E-state index contributed by atoms with van der Waals surface area (Å²) in [5.74, 6) is -0.953. The molecule has 1 heterocycles. The number of carbonyl (C=O) groups is 2. The van der Waals surface area contributed by atoms with E-state index in [0.717, 1.165) is 0 Å². The van der Waals surface area contributed by atoms with Crippen molar-refractivity contribution >= 4 is 18.0 Å². The minimum absolute atomic E-state index is 0.0641. The van der Waals surface area contributed by atoms with E-state index in [0.29, 0.717) is 5.69 Å². The zero-order chi connectivity index (χ0) is 11.3. The summed E-state index contributed by atoms with van der Waals surface area (Å²) in [6.45, 7) is 1.31. The predicted octanol–water partition coefficient (Wildman–Crippen LogP) is 0.0597. The first kappa shape index (κ1) is 11.0. The number of nitrogens with one attached hydrogen (secondary N) is 2. The molecule has 0 radical (unpaired) electrons. The lowest BCUT2D eigenvalue weighted by Gasteiger charge is -2.04. The molecule has 0 saturated heterocycles. The molecule has 0 spiro atoms. The van der Waals surface area contributed by atoms with Crippen molar-refractivity contribution in [3.8, 4) is 0 Å². The number of aromatic nitrogens is 2. The van der Waals surface area contributed by atoms with E-state index in [1.807, 2.05) is 0 Å². The Kier molecular flexibility index (Phi) is 3.61. The number of hydrogen-bond acceptors (Lipinski definition) is 4. The van der Waals surface area contributed by atoms with Crippen LogP contribution in [-0.4, -0.2) is 29.0 Å². The number of esters is 1. The third-order valence-corrected chi connectivity index (χ3v) is 1.54. The van der Waals surface area contributed by atoms with Crippen molar-refractivity contribution in [2.45, 2.75) is 6.92 Å². The number of amides is 1. The van der Waals surface area contributed by atoms with Gasteiger partial charge in [-0.25, -0.2) is 9.78 Å². The van der Waals surface area contributed by atoms with Gasteiger partial charge in [0.1, 0.15) is 5.70 Å². The minimum Gasteiger partial charge on any atom is -0.464 e. The molecule has 6 nitrogen and oxygen atoms in total. The third-order valence-electron chi connectivity index (χ3n) is 1.54. The maximum atomic E-state index is 11.2. The molecule has 1 aromatic heterocycles. The number of nitrogens with zero attached hydrogens (tertiary/aromatic N) is 1. The van der Waals surface area contributed by atoms with Crippen LogP contribution in [0.3, 0.4) is 0 Å². The normalized spacial score (nSPS) is 10.9. The Bertz CT molecular complexity index is 381. The summed E-state index contributed by atoms with van der Waals surface area (Å²) >= 11 is 0. The fourth-order valence-corrected chi connectivity index (χ4v) is 0.947. The molecule has 0 unspecified atom stereocenters. The summed E-state index contributed by atoms with van der Waals surface area (Å²) < 4.78 is 4.51. The molecule has 0 atom stereocenters. The number of imidazole rings is 1. The molecule has 2 N–H and O–H groups in total. The quantitative estimate of drug-likeness (QED) is 0.419. The van der Waals surface area contributed by atoms with E-state index in [9.17, 15) is 9.59 Å². The number of ether oxygens (including phenoxy) is 1. The standard InChI is InChI=1S/C9H11N3O3/c1-6(13)12-8(9(14)15-2)3-7-4-10-5-11-7/h3-5H,1-2H3,(H,10,11)(H,12,13)/b8-3-/i9+1. The molecule has 6 heteroatoms. The van der Waals surface area contributed by atoms with E-state index >= 15 is 0 Å². The van der Waals surface area contributed by atoms with E-state index in [1.54, 1.807) is 0 Å². The molecule has 1 amide bonds. The highest BCUT2D eigenvalue weighted by atomic mass is 16.6. The van der Waals surface area contributed by atoms with Crippen LogP contribution in [0.1, 0.15) is 12.6 Å². The number of carbonyl (C=O) groups excluding carboxylic acids is 2. The Labute approximate surface area is 86.3 Å². The SMILES string of the molecule is CO[13C](=O)/C(=C/c1cnc[nH]1)NC(C)=O. The van der Waals surface area contributed by atoms with Crippen molar-refractivity contribution in [3.05, 3.63) is 23.9 Å². The number of H-pyrrole nitrogens is 1. The summed E-state index contributed by atoms with van der Waals surface area (Å²) in [4.78, 5) is 28.6. The van der Waals surface area contributed by atoms with Gasteiger partial charge >= 0.3 is 5.97 Å². The summed E-state index contributed by atoms with van der Waals surface area (Å²) in [7, 11) is 1.24. The maximum absolute atomic E-state index is 11.2. The second-order valence-electron chi connectivity index (χ2n) is 2.74. The van der Waals surface area contributed by atoms with Crippen LogP contribution in [-0.2, 0) is 14.3 Å². The second kappa shape index (κ2) is 4.94. The van der Waals surface area contributed by atoms with Gasteiger partial charge in [-0.1, -0.05) is 0 Å². The van der Waals surface area contributed by atoms with Crippen LogP contribution in [0.2, 0.25) is 0 Å².